The summed E-state index contributed by atoms with van der Waals surface area (Å²) in [7, 11) is -2.97. The van der Waals surface area contributed by atoms with Crippen LogP contribution in [0, 0.1) is 0 Å². The van der Waals surface area contributed by atoms with Gasteiger partial charge in [0, 0.05) is 12.3 Å². The number of sulfone groups is 1. The smallest absolute Gasteiger partial charge is 0.295 e. The van der Waals surface area contributed by atoms with Crippen molar-refractivity contribution in [3.63, 3.8) is 0 Å². The molecular weight excluding hydrogens is 276 g/mol. The van der Waals surface area contributed by atoms with Crippen LogP contribution >= 0.6 is 0 Å². The monoisotopic (exact) mass is 294 g/mol. The Bertz CT molecular complexity index is 675. The largest absolute Gasteiger partial charge is 0.424 e. The zero-order chi connectivity index (χ0) is 14.2. The van der Waals surface area contributed by atoms with Crippen LogP contribution in [-0.2, 0) is 9.84 Å². The topological polar surface area (TPSA) is 72.2 Å². The highest BCUT2D eigenvalue weighted by molar-refractivity contribution is 7.91. The SMILES string of the molecule is CS(=O)(=O)C1CCCC(Nc2nc3ccccc3o2)C1. The lowest BCUT2D eigenvalue weighted by Gasteiger charge is -2.28. The minimum absolute atomic E-state index is 0.108. The summed E-state index contributed by atoms with van der Waals surface area (Å²) in [5.74, 6) is 0. The second kappa shape index (κ2) is 5.09. The Labute approximate surface area is 118 Å². The summed E-state index contributed by atoms with van der Waals surface area (Å²) >= 11 is 0. The number of benzene rings is 1. The van der Waals surface area contributed by atoms with E-state index in [9.17, 15) is 8.42 Å². The fraction of sp³-hybridized carbons (Fsp3) is 0.500. The van der Waals surface area contributed by atoms with Crippen LogP contribution in [0.5, 0.6) is 0 Å². The highest BCUT2D eigenvalue weighted by Crippen LogP contribution is 2.27. The number of rotatable bonds is 3. The Morgan fingerprint density at radius 3 is 2.85 bits per heavy atom. The highest BCUT2D eigenvalue weighted by atomic mass is 32.2. The molecule has 1 aromatic carbocycles. The predicted molar refractivity (Wildman–Crippen MR) is 78.5 cm³/mol. The zero-order valence-electron chi connectivity index (χ0n) is 11.4. The van der Waals surface area contributed by atoms with Crippen LogP contribution in [-0.4, -0.2) is 30.9 Å². The van der Waals surface area contributed by atoms with Crippen molar-refractivity contribution in [3.8, 4) is 0 Å². The molecule has 0 bridgehead atoms. The molecule has 5 nitrogen and oxygen atoms in total. The van der Waals surface area contributed by atoms with E-state index in [1.807, 2.05) is 24.3 Å². The molecule has 0 saturated heterocycles. The van der Waals surface area contributed by atoms with E-state index in [4.69, 9.17) is 4.42 Å². The van der Waals surface area contributed by atoms with Crippen molar-refractivity contribution < 1.29 is 12.8 Å². The van der Waals surface area contributed by atoms with E-state index >= 15 is 0 Å². The minimum atomic E-state index is -2.97. The van der Waals surface area contributed by atoms with Crippen LogP contribution in [0.2, 0.25) is 0 Å². The lowest BCUT2D eigenvalue weighted by Crippen LogP contribution is -2.34. The van der Waals surface area contributed by atoms with Crippen LogP contribution in [0.1, 0.15) is 25.7 Å². The first-order chi connectivity index (χ1) is 9.52. The average molecular weight is 294 g/mol. The van der Waals surface area contributed by atoms with Gasteiger partial charge in [-0.2, -0.15) is 4.98 Å². The summed E-state index contributed by atoms with van der Waals surface area (Å²) in [6, 6.07) is 8.16. The van der Waals surface area contributed by atoms with Gasteiger partial charge in [0.15, 0.2) is 5.58 Å². The molecule has 1 aliphatic rings. The summed E-state index contributed by atoms with van der Waals surface area (Å²) in [6.07, 6.45) is 4.56. The molecule has 0 amide bonds. The second-order valence-electron chi connectivity index (χ2n) is 5.45. The number of fused-ring (bicyclic) bond motifs is 1. The van der Waals surface area contributed by atoms with E-state index in [0.29, 0.717) is 12.4 Å². The van der Waals surface area contributed by atoms with Crippen molar-refractivity contribution >= 4 is 27.0 Å². The molecule has 2 atom stereocenters. The summed E-state index contributed by atoms with van der Waals surface area (Å²) in [4.78, 5) is 4.37. The van der Waals surface area contributed by atoms with E-state index in [2.05, 4.69) is 10.3 Å². The van der Waals surface area contributed by atoms with E-state index in [-0.39, 0.29) is 11.3 Å². The normalized spacial score (nSPS) is 23.9. The molecule has 1 fully saturated rings. The van der Waals surface area contributed by atoms with Gasteiger partial charge in [-0.1, -0.05) is 18.6 Å². The van der Waals surface area contributed by atoms with Gasteiger partial charge < -0.3 is 9.73 Å². The molecule has 6 heteroatoms. The lowest BCUT2D eigenvalue weighted by atomic mass is 9.95. The van der Waals surface area contributed by atoms with Gasteiger partial charge >= 0.3 is 0 Å². The number of nitrogens with zero attached hydrogens (tertiary/aromatic N) is 1. The molecule has 3 rings (SSSR count). The van der Waals surface area contributed by atoms with Gasteiger partial charge in [0.1, 0.15) is 15.4 Å². The number of hydrogen-bond acceptors (Lipinski definition) is 5. The van der Waals surface area contributed by atoms with Gasteiger partial charge in [-0.05, 0) is 31.4 Å². The number of para-hydroxylation sites is 2. The standard InChI is InChI=1S/C14H18N2O3S/c1-20(17,18)11-6-4-5-10(9-11)15-14-16-12-7-2-3-8-13(12)19-14/h2-3,7-8,10-11H,4-6,9H2,1H3,(H,15,16). The summed E-state index contributed by atoms with van der Waals surface area (Å²) < 4.78 is 28.9. The van der Waals surface area contributed by atoms with Crippen molar-refractivity contribution in [1.29, 1.82) is 0 Å². The second-order valence-corrected chi connectivity index (χ2v) is 7.77. The van der Waals surface area contributed by atoms with E-state index in [0.717, 1.165) is 30.4 Å². The summed E-state index contributed by atoms with van der Waals surface area (Å²) in [6.45, 7) is 0. The van der Waals surface area contributed by atoms with Crippen LogP contribution in [0.25, 0.3) is 11.1 Å². The number of nitrogens with one attached hydrogen (secondary N) is 1. The maximum absolute atomic E-state index is 11.7. The van der Waals surface area contributed by atoms with Crippen molar-refractivity contribution in [2.45, 2.75) is 37.0 Å². The van der Waals surface area contributed by atoms with Crippen LogP contribution in [0.4, 0.5) is 6.01 Å². The number of aromatic nitrogens is 1. The number of anilines is 1. The number of hydrogen-bond donors (Lipinski definition) is 1. The van der Waals surface area contributed by atoms with Crippen LogP contribution in [0.3, 0.4) is 0 Å². The average Bonchev–Trinajstić information content (AvgIpc) is 2.80. The molecular formula is C14H18N2O3S. The van der Waals surface area contributed by atoms with Gasteiger partial charge in [-0.15, -0.1) is 0 Å². The van der Waals surface area contributed by atoms with Gasteiger partial charge in [0.05, 0.1) is 5.25 Å². The fourth-order valence-corrected chi connectivity index (χ4v) is 3.95. The molecule has 20 heavy (non-hydrogen) atoms. The van der Waals surface area contributed by atoms with E-state index < -0.39 is 9.84 Å². The van der Waals surface area contributed by atoms with Gasteiger partial charge in [-0.3, -0.25) is 0 Å². The first-order valence-corrected chi connectivity index (χ1v) is 8.79. The Morgan fingerprint density at radius 2 is 2.10 bits per heavy atom. The highest BCUT2D eigenvalue weighted by Gasteiger charge is 2.29. The Kier molecular flexibility index (Phi) is 3.41. The van der Waals surface area contributed by atoms with E-state index in [1.54, 1.807) is 0 Å². The third-order valence-electron chi connectivity index (χ3n) is 3.85. The molecule has 2 unspecified atom stereocenters. The lowest BCUT2D eigenvalue weighted by molar-refractivity contribution is 0.443. The van der Waals surface area contributed by atoms with Crippen molar-refractivity contribution in [3.05, 3.63) is 24.3 Å². The van der Waals surface area contributed by atoms with Crippen molar-refractivity contribution in [2.24, 2.45) is 0 Å². The molecule has 0 aliphatic heterocycles. The molecule has 0 spiro atoms. The van der Waals surface area contributed by atoms with Gasteiger partial charge in [0.2, 0.25) is 0 Å². The molecule has 1 N–H and O–H groups in total. The minimum Gasteiger partial charge on any atom is -0.424 e. The fourth-order valence-electron chi connectivity index (χ4n) is 2.77. The third kappa shape index (κ3) is 2.80. The molecule has 0 radical (unpaired) electrons. The first-order valence-electron chi connectivity index (χ1n) is 6.83. The molecule has 1 aromatic heterocycles. The Hall–Kier alpha value is -1.56. The predicted octanol–water partition coefficient (Wildman–Crippen LogP) is 2.60. The molecule has 2 aromatic rings. The van der Waals surface area contributed by atoms with Gasteiger partial charge in [0.25, 0.3) is 6.01 Å². The molecule has 1 aliphatic carbocycles. The Balaban J connectivity index is 1.74. The molecule has 1 heterocycles. The summed E-state index contributed by atoms with van der Waals surface area (Å²) in [5.41, 5.74) is 1.55. The first kappa shape index (κ1) is 13.4. The molecule has 1 saturated carbocycles. The van der Waals surface area contributed by atoms with Crippen LogP contribution < -0.4 is 5.32 Å². The summed E-state index contributed by atoms with van der Waals surface area (Å²) in [5, 5.41) is 2.98. The van der Waals surface area contributed by atoms with Crippen molar-refractivity contribution in [1.82, 2.24) is 4.98 Å². The van der Waals surface area contributed by atoms with Crippen molar-refractivity contribution in [2.75, 3.05) is 11.6 Å². The van der Waals surface area contributed by atoms with E-state index in [1.165, 1.54) is 6.26 Å². The quantitative estimate of drug-likeness (QED) is 0.942. The zero-order valence-corrected chi connectivity index (χ0v) is 12.2. The maximum atomic E-state index is 11.7. The number of oxazole rings is 1. The van der Waals surface area contributed by atoms with Gasteiger partial charge in [-0.25, -0.2) is 8.42 Å². The Morgan fingerprint density at radius 1 is 1.30 bits per heavy atom. The third-order valence-corrected chi connectivity index (χ3v) is 5.49. The maximum Gasteiger partial charge on any atom is 0.295 e. The van der Waals surface area contributed by atoms with Crippen LogP contribution in [0.15, 0.2) is 28.7 Å². The molecule has 108 valence electrons.